The van der Waals surface area contributed by atoms with Crippen LogP contribution >= 0.6 is 27.3 Å². The van der Waals surface area contributed by atoms with E-state index in [1.54, 1.807) is 12.1 Å². The van der Waals surface area contributed by atoms with Gasteiger partial charge in [0.1, 0.15) is 17.6 Å². The van der Waals surface area contributed by atoms with Crippen molar-refractivity contribution in [1.29, 1.82) is 0 Å². The van der Waals surface area contributed by atoms with Crippen LogP contribution in [0.15, 0.2) is 39.9 Å². The fraction of sp³-hybridized carbons (Fsp3) is 0.368. The van der Waals surface area contributed by atoms with Crippen LogP contribution in [0.1, 0.15) is 19.8 Å². The maximum absolute atomic E-state index is 12.8. The Labute approximate surface area is 174 Å². The summed E-state index contributed by atoms with van der Waals surface area (Å²) in [5.41, 5.74) is 0.895. The first-order chi connectivity index (χ1) is 13.5. The molecule has 1 saturated heterocycles. The van der Waals surface area contributed by atoms with Gasteiger partial charge >= 0.3 is 0 Å². The van der Waals surface area contributed by atoms with E-state index < -0.39 is 0 Å². The molecule has 1 aliphatic heterocycles. The Hall–Kier alpha value is -2.26. The topological polar surface area (TPSA) is 80.1 Å². The maximum Gasteiger partial charge on any atom is 0.273 e. The summed E-state index contributed by atoms with van der Waals surface area (Å²) >= 11 is 4.72. The summed E-state index contributed by atoms with van der Waals surface area (Å²) in [6, 6.07) is 7.27. The number of rotatable bonds is 4. The minimum atomic E-state index is -0.278. The second kappa shape index (κ2) is 8.00. The molecule has 4 rings (SSSR count). The van der Waals surface area contributed by atoms with Crippen LogP contribution in [0.25, 0.3) is 10.3 Å². The van der Waals surface area contributed by atoms with E-state index >= 15 is 0 Å². The number of carbonyl (C=O) groups is 1. The van der Waals surface area contributed by atoms with Crippen molar-refractivity contribution >= 4 is 54.3 Å². The van der Waals surface area contributed by atoms with Crippen LogP contribution in [-0.2, 0) is 11.3 Å². The van der Waals surface area contributed by atoms with Gasteiger partial charge in [0.25, 0.3) is 5.56 Å². The van der Waals surface area contributed by atoms with Crippen LogP contribution in [0, 0.1) is 5.92 Å². The van der Waals surface area contributed by atoms with Gasteiger partial charge in [-0.2, -0.15) is 4.98 Å². The number of halogens is 1. The molecule has 0 saturated carbocycles. The van der Waals surface area contributed by atoms with E-state index in [9.17, 15) is 9.59 Å². The monoisotopic (exact) mass is 461 g/mol. The van der Waals surface area contributed by atoms with E-state index in [2.05, 4.69) is 43.0 Å². The van der Waals surface area contributed by atoms with Crippen LogP contribution in [0.3, 0.4) is 0 Å². The molecule has 146 valence electrons. The molecule has 0 unspecified atom stereocenters. The molecule has 1 amide bonds. The van der Waals surface area contributed by atoms with E-state index in [4.69, 9.17) is 0 Å². The van der Waals surface area contributed by atoms with Gasteiger partial charge in [0, 0.05) is 23.2 Å². The van der Waals surface area contributed by atoms with Crippen LogP contribution in [-0.4, -0.2) is 33.5 Å². The molecular formula is C19H20BrN5O2S. The molecule has 1 atom stereocenters. The lowest BCUT2D eigenvalue weighted by Crippen LogP contribution is -2.34. The Kier molecular flexibility index (Phi) is 5.45. The number of hydrogen-bond acceptors (Lipinski definition) is 6. The van der Waals surface area contributed by atoms with Gasteiger partial charge in [-0.25, -0.2) is 4.98 Å². The number of nitrogens with one attached hydrogen (secondary N) is 1. The first-order valence-corrected chi connectivity index (χ1v) is 10.8. The number of hydrogen-bond donors (Lipinski definition) is 1. The highest BCUT2D eigenvalue weighted by Crippen LogP contribution is 2.29. The van der Waals surface area contributed by atoms with Crippen molar-refractivity contribution < 1.29 is 4.79 Å². The Morgan fingerprint density at radius 3 is 2.89 bits per heavy atom. The van der Waals surface area contributed by atoms with E-state index in [-0.39, 0.29) is 18.0 Å². The molecule has 0 aliphatic carbocycles. The molecule has 9 heteroatoms. The third-order valence-corrected chi connectivity index (χ3v) is 6.36. The van der Waals surface area contributed by atoms with Crippen molar-refractivity contribution in [2.45, 2.75) is 26.3 Å². The highest BCUT2D eigenvalue weighted by atomic mass is 79.9. The highest BCUT2D eigenvalue weighted by Gasteiger charge is 2.21. The summed E-state index contributed by atoms with van der Waals surface area (Å²) in [6.45, 7) is 4.04. The van der Waals surface area contributed by atoms with Crippen LogP contribution in [0.5, 0.6) is 0 Å². The Bertz CT molecular complexity index is 1060. The molecule has 1 N–H and O–H groups in total. The summed E-state index contributed by atoms with van der Waals surface area (Å²) in [6.07, 6.45) is 3.75. The number of anilines is 2. The number of piperidine rings is 1. The van der Waals surface area contributed by atoms with Crippen LogP contribution in [0.2, 0.25) is 0 Å². The van der Waals surface area contributed by atoms with Crippen molar-refractivity contribution in [2.24, 2.45) is 5.92 Å². The average Bonchev–Trinajstić information content (AvgIpc) is 3.11. The van der Waals surface area contributed by atoms with Crippen LogP contribution < -0.4 is 15.8 Å². The van der Waals surface area contributed by atoms with Gasteiger partial charge in [-0.05, 0) is 43.0 Å². The zero-order chi connectivity index (χ0) is 19.7. The summed E-state index contributed by atoms with van der Waals surface area (Å²) in [7, 11) is 0. The lowest BCUT2D eigenvalue weighted by atomic mass is 10.0. The Morgan fingerprint density at radius 1 is 1.36 bits per heavy atom. The van der Waals surface area contributed by atoms with Crippen molar-refractivity contribution in [3.63, 3.8) is 0 Å². The summed E-state index contributed by atoms with van der Waals surface area (Å²) in [5, 5.41) is 3.62. The zero-order valence-electron chi connectivity index (χ0n) is 15.4. The van der Waals surface area contributed by atoms with Gasteiger partial charge < -0.3 is 10.2 Å². The summed E-state index contributed by atoms with van der Waals surface area (Å²) in [4.78, 5) is 36.2. The largest absolute Gasteiger partial charge is 0.348 e. The van der Waals surface area contributed by atoms with Gasteiger partial charge in [0.15, 0.2) is 10.8 Å². The minimum Gasteiger partial charge on any atom is -0.348 e. The number of aromatic nitrogens is 3. The molecule has 3 aromatic rings. The van der Waals surface area contributed by atoms with Gasteiger partial charge in [-0.1, -0.05) is 34.2 Å². The molecule has 0 radical (unpaired) electrons. The van der Waals surface area contributed by atoms with Gasteiger partial charge in [-0.3, -0.25) is 14.2 Å². The smallest absolute Gasteiger partial charge is 0.273 e. The Morgan fingerprint density at radius 2 is 2.14 bits per heavy atom. The highest BCUT2D eigenvalue weighted by molar-refractivity contribution is 9.10. The summed E-state index contributed by atoms with van der Waals surface area (Å²) < 4.78 is 2.75. The third-order valence-electron chi connectivity index (χ3n) is 4.74. The van der Waals surface area contributed by atoms with Crippen molar-refractivity contribution in [3.05, 3.63) is 45.4 Å². The molecule has 1 fully saturated rings. The first kappa shape index (κ1) is 19.1. The number of nitrogens with zero attached hydrogens (tertiary/aromatic N) is 4. The summed E-state index contributed by atoms with van der Waals surface area (Å²) in [5.74, 6) is 0.341. The van der Waals surface area contributed by atoms with Gasteiger partial charge in [0.2, 0.25) is 5.91 Å². The second-order valence-corrected chi connectivity index (χ2v) is 8.97. The predicted molar refractivity (Wildman–Crippen MR) is 115 cm³/mol. The fourth-order valence-electron chi connectivity index (χ4n) is 3.33. The Balaban J connectivity index is 1.53. The quantitative estimate of drug-likeness (QED) is 0.642. The lowest BCUT2D eigenvalue weighted by molar-refractivity contribution is -0.116. The predicted octanol–water partition coefficient (Wildman–Crippen LogP) is 3.49. The van der Waals surface area contributed by atoms with Crippen molar-refractivity contribution in [3.8, 4) is 0 Å². The van der Waals surface area contributed by atoms with E-state index in [1.807, 2.05) is 12.1 Å². The van der Waals surface area contributed by atoms with E-state index in [0.29, 0.717) is 22.0 Å². The molecule has 7 nitrogen and oxygen atoms in total. The number of thiazole rings is 1. The normalized spacial score (nSPS) is 17.1. The molecule has 2 aromatic heterocycles. The van der Waals surface area contributed by atoms with E-state index in [1.165, 1.54) is 28.7 Å². The average molecular weight is 462 g/mol. The number of amides is 1. The number of fused-ring (bicyclic) bond motifs is 1. The van der Waals surface area contributed by atoms with Crippen LogP contribution in [0.4, 0.5) is 10.8 Å². The molecule has 3 heterocycles. The minimum absolute atomic E-state index is 0.0914. The van der Waals surface area contributed by atoms with Crippen molar-refractivity contribution in [2.75, 3.05) is 23.3 Å². The van der Waals surface area contributed by atoms with E-state index in [0.717, 1.165) is 29.1 Å². The standard InChI is InChI=1S/C19H20BrN5O2S/c1-12-3-2-8-24(9-12)19-23-17-16(28-19)18(27)25(11-21-17)10-15(26)22-14-6-4-13(20)5-7-14/h4-7,11-12H,2-3,8-10H2,1H3,(H,22,26)/t12-/m1/s1. The molecular weight excluding hydrogens is 442 g/mol. The molecule has 1 aliphatic rings. The van der Waals surface area contributed by atoms with Gasteiger partial charge in [-0.15, -0.1) is 0 Å². The molecule has 0 spiro atoms. The molecule has 28 heavy (non-hydrogen) atoms. The van der Waals surface area contributed by atoms with Crippen molar-refractivity contribution in [1.82, 2.24) is 14.5 Å². The molecule has 0 bridgehead atoms. The lowest BCUT2D eigenvalue weighted by Gasteiger charge is -2.30. The SMILES string of the molecule is C[C@@H]1CCCN(c2nc3ncn(CC(=O)Nc4ccc(Br)cc4)c(=O)c3s2)C1. The second-order valence-electron chi connectivity index (χ2n) is 7.08. The number of benzene rings is 1. The fourth-order valence-corrected chi connectivity index (χ4v) is 4.60. The third kappa shape index (κ3) is 4.10. The molecule has 1 aromatic carbocycles. The first-order valence-electron chi connectivity index (χ1n) is 9.16. The maximum atomic E-state index is 12.8. The zero-order valence-corrected chi connectivity index (χ0v) is 17.8. The van der Waals surface area contributed by atoms with Gasteiger partial charge in [0.05, 0.1) is 0 Å². The number of carbonyl (C=O) groups excluding carboxylic acids is 1.